The Morgan fingerprint density at radius 2 is 1.55 bits per heavy atom. The van der Waals surface area contributed by atoms with Gasteiger partial charge in [0.15, 0.2) is 5.82 Å². The highest BCUT2D eigenvalue weighted by Gasteiger charge is 2.47. The number of aromatic nitrogens is 1. The summed E-state index contributed by atoms with van der Waals surface area (Å²) in [4.78, 5) is 45.5. The van der Waals surface area contributed by atoms with Crippen molar-refractivity contribution in [2.75, 3.05) is 9.80 Å². The SMILES string of the molecule is CC(C)OC(=O)N1C(=O)[C@H](c2ccccc2)N(C(=O)OC(C)C)c2ncccc21. The van der Waals surface area contributed by atoms with Gasteiger partial charge < -0.3 is 9.47 Å². The number of hydrogen-bond acceptors (Lipinski definition) is 6. The van der Waals surface area contributed by atoms with Gasteiger partial charge in [0.1, 0.15) is 6.04 Å². The fourth-order valence-corrected chi connectivity index (χ4v) is 3.04. The third-order valence-corrected chi connectivity index (χ3v) is 4.12. The van der Waals surface area contributed by atoms with E-state index in [0.717, 1.165) is 4.90 Å². The molecular weight excluding hydrogens is 374 g/mol. The zero-order valence-electron chi connectivity index (χ0n) is 16.7. The number of fused-ring (bicyclic) bond motifs is 1. The molecule has 0 unspecified atom stereocenters. The van der Waals surface area contributed by atoms with Crippen LogP contribution in [0.4, 0.5) is 21.1 Å². The highest BCUT2D eigenvalue weighted by Crippen LogP contribution is 2.41. The van der Waals surface area contributed by atoms with Crippen molar-refractivity contribution in [3.8, 4) is 0 Å². The van der Waals surface area contributed by atoms with E-state index in [1.807, 2.05) is 0 Å². The number of carbonyl (C=O) groups excluding carboxylic acids is 3. The quantitative estimate of drug-likeness (QED) is 0.776. The number of benzene rings is 1. The number of amides is 3. The van der Waals surface area contributed by atoms with Crippen molar-refractivity contribution in [2.45, 2.75) is 45.9 Å². The van der Waals surface area contributed by atoms with Crippen LogP contribution in [-0.4, -0.2) is 35.3 Å². The van der Waals surface area contributed by atoms with Crippen molar-refractivity contribution in [1.82, 2.24) is 4.98 Å². The molecule has 1 aromatic heterocycles. The predicted molar refractivity (Wildman–Crippen MR) is 107 cm³/mol. The number of imide groups is 1. The first kappa shape index (κ1) is 20.3. The Balaban J connectivity index is 2.18. The van der Waals surface area contributed by atoms with E-state index < -0.39 is 36.3 Å². The van der Waals surface area contributed by atoms with Crippen LogP contribution in [0.2, 0.25) is 0 Å². The molecule has 0 N–H and O–H groups in total. The fraction of sp³-hybridized carbons (Fsp3) is 0.333. The Morgan fingerprint density at radius 3 is 2.17 bits per heavy atom. The molecule has 152 valence electrons. The van der Waals surface area contributed by atoms with Gasteiger partial charge in [-0.2, -0.15) is 0 Å². The molecule has 0 saturated heterocycles. The molecule has 2 aromatic rings. The smallest absolute Gasteiger partial charge is 0.421 e. The summed E-state index contributed by atoms with van der Waals surface area (Å²) in [6.45, 7) is 6.81. The molecule has 29 heavy (non-hydrogen) atoms. The van der Waals surface area contributed by atoms with E-state index in [9.17, 15) is 14.4 Å². The van der Waals surface area contributed by atoms with E-state index >= 15 is 0 Å². The number of anilines is 2. The minimum atomic E-state index is -1.12. The van der Waals surface area contributed by atoms with Crippen LogP contribution in [-0.2, 0) is 14.3 Å². The Kier molecular flexibility index (Phi) is 5.81. The van der Waals surface area contributed by atoms with E-state index in [2.05, 4.69) is 4.98 Å². The van der Waals surface area contributed by atoms with Gasteiger partial charge in [-0.1, -0.05) is 30.3 Å². The summed E-state index contributed by atoms with van der Waals surface area (Å²) in [5, 5.41) is 0. The largest absolute Gasteiger partial charge is 0.446 e. The molecule has 1 atom stereocenters. The second-order valence-corrected chi connectivity index (χ2v) is 7.07. The second kappa shape index (κ2) is 8.30. The van der Waals surface area contributed by atoms with Crippen molar-refractivity contribution >= 4 is 29.6 Å². The van der Waals surface area contributed by atoms with Gasteiger partial charge in [-0.05, 0) is 45.4 Å². The van der Waals surface area contributed by atoms with Crippen molar-refractivity contribution < 1.29 is 23.9 Å². The lowest BCUT2D eigenvalue weighted by Crippen LogP contribution is -2.53. The zero-order chi connectivity index (χ0) is 21.1. The lowest BCUT2D eigenvalue weighted by atomic mass is 10.0. The third kappa shape index (κ3) is 4.06. The van der Waals surface area contributed by atoms with E-state index in [1.165, 1.54) is 11.1 Å². The molecule has 3 amide bonds. The lowest BCUT2D eigenvalue weighted by molar-refractivity contribution is -0.120. The summed E-state index contributed by atoms with van der Waals surface area (Å²) in [5.74, 6) is -0.477. The first-order valence-electron chi connectivity index (χ1n) is 9.35. The van der Waals surface area contributed by atoms with E-state index in [1.54, 1.807) is 70.2 Å². The highest BCUT2D eigenvalue weighted by molar-refractivity contribution is 6.21. The fourth-order valence-electron chi connectivity index (χ4n) is 3.04. The number of carbonyl (C=O) groups is 3. The molecule has 0 spiro atoms. The van der Waals surface area contributed by atoms with Crippen LogP contribution in [0.1, 0.15) is 39.3 Å². The van der Waals surface area contributed by atoms with Crippen molar-refractivity contribution in [3.05, 3.63) is 54.2 Å². The maximum absolute atomic E-state index is 13.5. The number of rotatable bonds is 3. The van der Waals surface area contributed by atoms with Crippen LogP contribution in [0.3, 0.4) is 0 Å². The van der Waals surface area contributed by atoms with Crippen molar-refractivity contribution in [3.63, 3.8) is 0 Å². The van der Waals surface area contributed by atoms with Crippen LogP contribution in [0.15, 0.2) is 48.7 Å². The zero-order valence-corrected chi connectivity index (χ0v) is 16.7. The molecule has 0 saturated carbocycles. The summed E-state index contributed by atoms with van der Waals surface area (Å²) in [6, 6.07) is 10.7. The second-order valence-electron chi connectivity index (χ2n) is 7.07. The third-order valence-electron chi connectivity index (χ3n) is 4.12. The van der Waals surface area contributed by atoms with Gasteiger partial charge in [-0.15, -0.1) is 0 Å². The van der Waals surface area contributed by atoms with Crippen LogP contribution < -0.4 is 9.80 Å². The summed E-state index contributed by atoms with van der Waals surface area (Å²) < 4.78 is 10.6. The number of hydrogen-bond donors (Lipinski definition) is 0. The van der Waals surface area contributed by atoms with E-state index in [0.29, 0.717) is 5.56 Å². The van der Waals surface area contributed by atoms with Gasteiger partial charge in [0, 0.05) is 6.20 Å². The number of pyridine rings is 1. The number of ether oxygens (including phenoxy) is 2. The monoisotopic (exact) mass is 397 g/mol. The van der Waals surface area contributed by atoms with Gasteiger partial charge >= 0.3 is 12.2 Å². The summed E-state index contributed by atoms with van der Waals surface area (Å²) in [7, 11) is 0. The van der Waals surface area contributed by atoms with Gasteiger partial charge in [-0.25, -0.2) is 24.4 Å². The topological polar surface area (TPSA) is 89.0 Å². The highest BCUT2D eigenvalue weighted by atomic mass is 16.6. The molecule has 1 aliphatic rings. The predicted octanol–water partition coefficient (Wildman–Crippen LogP) is 4.07. The Morgan fingerprint density at radius 1 is 0.931 bits per heavy atom. The molecule has 0 aliphatic carbocycles. The average molecular weight is 397 g/mol. The molecule has 0 radical (unpaired) electrons. The standard InChI is InChI=1S/C21H23N3O5/c1-13(2)28-20(26)23-16-11-8-12-22-18(16)24(21(27)29-14(3)4)17(19(23)25)15-9-6-5-7-10-15/h5-14,17H,1-4H3/t17-/m0/s1. The molecule has 1 aromatic carbocycles. The molecule has 2 heterocycles. The van der Waals surface area contributed by atoms with Crippen LogP contribution in [0, 0.1) is 0 Å². The summed E-state index contributed by atoms with van der Waals surface area (Å²) in [6.07, 6.45) is -0.881. The lowest BCUT2D eigenvalue weighted by Gasteiger charge is -2.39. The first-order chi connectivity index (χ1) is 13.8. The molecule has 0 fully saturated rings. The Labute approximate surface area is 169 Å². The van der Waals surface area contributed by atoms with Crippen LogP contribution in [0.25, 0.3) is 0 Å². The Bertz CT molecular complexity index is 914. The maximum atomic E-state index is 13.5. The summed E-state index contributed by atoms with van der Waals surface area (Å²) in [5.41, 5.74) is 0.688. The van der Waals surface area contributed by atoms with Crippen molar-refractivity contribution in [1.29, 1.82) is 0 Å². The normalized spacial score (nSPS) is 16.1. The molecule has 8 nitrogen and oxygen atoms in total. The minimum Gasteiger partial charge on any atom is -0.446 e. The molecular formula is C21H23N3O5. The van der Waals surface area contributed by atoms with Gasteiger partial charge in [0.25, 0.3) is 5.91 Å². The molecule has 3 rings (SSSR count). The van der Waals surface area contributed by atoms with Gasteiger partial charge in [0.05, 0.1) is 17.9 Å². The van der Waals surface area contributed by atoms with Crippen LogP contribution >= 0.6 is 0 Å². The Hall–Kier alpha value is -3.42. The van der Waals surface area contributed by atoms with E-state index in [-0.39, 0.29) is 11.5 Å². The number of nitrogens with zero attached hydrogens (tertiary/aromatic N) is 3. The van der Waals surface area contributed by atoms with Gasteiger partial charge in [0.2, 0.25) is 0 Å². The minimum absolute atomic E-state index is 0.146. The van der Waals surface area contributed by atoms with Crippen LogP contribution in [0.5, 0.6) is 0 Å². The summed E-state index contributed by atoms with van der Waals surface area (Å²) >= 11 is 0. The van der Waals surface area contributed by atoms with E-state index in [4.69, 9.17) is 9.47 Å². The molecule has 1 aliphatic heterocycles. The molecule has 8 heteroatoms. The van der Waals surface area contributed by atoms with Gasteiger partial charge in [-0.3, -0.25) is 4.79 Å². The molecule has 0 bridgehead atoms. The maximum Gasteiger partial charge on any atom is 0.421 e. The first-order valence-corrected chi connectivity index (χ1v) is 9.35. The van der Waals surface area contributed by atoms with Crippen molar-refractivity contribution in [2.24, 2.45) is 0 Å². The average Bonchev–Trinajstić information content (AvgIpc) is 2.66.